The molecule has 0 bridgehead atoms. The van der Waals surface area contributed by atoms with Crippen LogP contribution in [0.25, 0.3) is 0 Å². The molecule has 1 aromatic heterocycles. The first-order valence-corrected chi connectivity index (χ1v) is 5.45. The number of hydrogen-bond acceptors (Lipinski definition) is 4. The van der Waals surface area contributed by atoms with Crippen molar-refractivity contribution in [1.82, 2.24) is 15.3 Å². The molecule has 2 atom stereocenters. The quantitative estimate of drug-likeness (QED) is 0.794. The smallest absolute Gasteiger partial charge is 0.306 e. The van der Waals surface area contributed by atoms with Crippen LogP contribution < -0.4 is 5.32 Å². The van der Waals surface area contributed by atoms with Crippen LogP contribution in [0.5, 0.6) is 0 Å². The maximum atomic E-state index is 11.7. The average molecular weight is 235 g/mol. The fourth-order valence-corrected chi connectivity index (χ4v) is 2.02. The number of carbonyl (C=O) groups excluding carboxylic acids is 1. The molecule has 1 aliphatic carbocycles. The van der Waals surface area contributed by atoms with Crippen LogP contribution in [0.15, 0.2) is 18.7 Å². The molecule has 1 saturated carbocycles. The fraction of sp³-hybridized carbons (Fsp3) is 0.455. The van der Waals surface area contributed by atoms with Gasteiger partial charge in [0.2, 0.25) is 0 Å². The van der Waals surface area contributed by atoms with Crippen molar-refractivity contribution in [1.29, 1.82) is 0 Å². The Hall–Kier alpha value is -1.98. The molecule has 1 heterocycles. The van der Waals surface area contributed by atoms with Crippen LogP contribution in [-0.4, -0.2) is 33.0 Å². The lowest BCUT2D eigenvalue weighted by molar-refractivity contribution is -0.141. The highest BCUT2D eigenvalue weighted by Crippen LogP contribution is 2.25. The number of carboxylic acids is 1. The minimum atomic E-state index is -0.787. The van der Waals surface area contributed by atoms with Crippen LogP contribution in [0.4, 0.5) is 0 Å². The summed E-state index contributed by atoms with van der Waals surface area (Å²) in [6.45, 7) is 0. The number of carboxylic acid groups (broad SMARTS) is 1. The van der Waals surface area contributed by atoms with E-state index < -0.39 is 5.97 Å². The molecule has 0 aromatic carbocycles. The summed E-state index contributed by atoms with van der Waals surface area (Å²) in [5, 5.41) is 11.6. The summed E-state index contributed by atoms with van der Waals surface area (Å²) in [4.78, 5) is 30.0. The third-order valence-corrected chi connectivity index (χ3v) is 2.94. The minimum absolute atomic E-state index is 0.0659. The first-order chi connectivity index (χ1) is 8.16. The minimum Gasteiger partial charge on any atom is -0.481 e. The van der Waals surface area contributed by atoms with Gasteiger partial charge in [-0.25, -0.2) is 9.97 Å². The van der Waals surface area contributed by atoms with Gasteiger partial charge in [-0.05, 0) is 19.3 Å². The Bertz CT molecular complexity index is 421. The molecule has 1 amide bonds. The van der Waals surface area contributed by atoms with Gasteiger partial charge in [-0.15, -0.1) is 0 Å². The number of nitrogens with one attached hydrogen (secondary N) is 1. The molecule has 17 heavy (non-hydrogen) atoms. The number of carbonyl (C=O) groups is 2. The van der Waals surface area contributed by atoms with Gasteiger partial charge in [0.25, 0.3) is 5.91 Å². The molecular weight excluding hydrogens is 222 g/mol. The highest BCUT2D eigenvalue weighted by molar-refractivity contribution is 5.93. The second-order valence-corrected chi connectivity index (χ2v) is 4.15. The number of aromatic nitrogens is 2. The third-order valence-electron chi connectivity index (χ3n) is 2.94. The zero-order chi connectivity index (χ0) is 12.3. The Morgan fingerprint density at radius 1 is 1.29 bits per heavy atom. The first kappa shape index (κ1) is 11.5. The molecule has 0 spiro atoms. The van der Waals surface area contributed by atoms with Crippen LogP contribution in [0.3, 0.4) is 0 Å². The fourth-order valence-electron chi connectivity index (χ4n) is 2.02. The van der Waals surface area contributed by atoms with Gasteiger partial charge >= 0.3 is 5.97 Å². The van der Waals surface area contributed by atoms with E-state index in [1.807, 2.05) is 0 Å². The number of rotatable bonds is 3. The molecule has 90 valence electrons. The lowest BCUT2D eigenvalue weighted by atomic mass is 10.1. The zero-order valence-corrected chi connectivity index (χ0v) is 9.17. The van der Waals surface area contributed by atoms with Gasteiger partial charge < -0.3 is 10.4 Å². The predicted octanol–water partition coefficient (Wildman–Crippen LogP) is 0.460. The van der Waals surface area contributed by atoms with E-state index in [0.29, 0.717) is 24.8 Å². The van der Waals surface area contributed by atoms with Gasteiger partial charge in [-0.1, -0.05) is 0 Å². The lowest BCUT2D eigenvalue weighted by Gasteiger charge is -2.11. The van der Waals surface area contributed by atoms with Crippen molar-refractivity contribution in [2.45, 2.75) is 25.3 Å². The van der Waals surface area contributed by atoms with E-state index in [4.69, 9.17) is 5.11 Å². The Morgan fingerprint density at radius 3 is 2.59 bits per heavy atom. The number of nitrogens with zero attached hydrogens (tertiary/aromatic N) is 2. The Balaban J connectivity index is 1.91. The molecule has 1 aromatic rings. The second kappa shape index (κ2) is 4.90. The van der Waals surface area contributed by atoms with Crippen LogP contribution in [-0.2, 0) is 4.79 Å². The molecule has 0 aliphatic heterocycles. The lowest BCUT2D eigenvalue weighted by Crippen LogP contribution is -2.33. The van der Waals surface area contributed by atoms with E-state index in [1.54, 1.807) is 0 Å². The zero-order valence-electron chi connectivity index (χ0n) is 9.17. The molecule has 6 heteroatoms. The van der Waals surface area contributed by atoms with Crippen molar-refractivity contribution in [3.63, 3.8) is 0 Å². The van der Waals surface area contributed by atoms with Gasteiger partial charge in [0.1, 0.15) is 6.33 Å². The summed E-state index contributed by atoms with van der Waals surface area (Å²) in [7, 11) is 0. The largest absolute Gasteiger partial charge is 0.481 e. The standard InChI is InChI=1S/C11H13N3O3/c15-10(8-4-12-6-13-5-8)14-9-2-1-7(3-9)11(16)17/h4-7,9H,1-3H2,(H,14,15)(H,16,17)/t7-,9+/m0/s1. The molecule has 0 unspecified atom stereocenters. The average Bonchev–Trinajstić information content (AvgIpc) is 2.79. The molecule has 2 rings (SSSR count). The summed E-state index contributed by atoms with van der Waals surface area (Å²) in [6, 6.07) is -0.0659. The van der Waals surface area contributed by atoms with Crippen LogP contribution in [0, 0.1) is 5.92 Å². The van der Waals surface area contributed by atoms with Crippen molar-refractivity contribution in [3.8, 4) is 0 Å². The van der Waals surface area contributed by atoms with Crippen LogP contribution in [0.1, 0.15) is 29.6 Å². The third kappa shape index (κ3) is 2.77. The summed E-state index contributed by atoms with van der Waals surface area (Å²) < 4.78 is 0. The van der Waals surface area contributed by atoms with Gasteiger partial charge in [0.05, 0.1) is 11.5 Å². The van der Waals surface area contributed by atoms with Gasteiger partial charge in [-0.2, -0.15) is 0 Å². The van der Waals surface area contributed by atoms with Crippen LogP contribution in [0.2, 0.25) is 0 Å². The Labute approximate surface area is 98.1 Å². The van der Waals surface area contributed by atoms with E-state index in [2.05, 4.69) is 15.3 Å². The van der Waals surface area contributed by atoms with Gasteiger partial charge in [-0.3, -0.25) is 9.59 Å². The van der Waals surface area contributed by atoms with E-state index in [9.17, 15) is 9.59 Å². The highest BCUT2D eigenvalue weighted by atomic mass is 16.4. The molecule has 2 N–H and O–H groups in total. The van der Waals surface area contributed by atoms with Crippen molar-refractivity contribution >= 4 is 11.9 Å². The molecule has 0 saturated heterocycles. The Morgan fingerprint density at radius 2 is 2.00 bits per heavy atom. The van der Waals surface area contributed by atoms with Crippen molar-refractivity contribution in [2.24, 2.45) is 5.92 Å². The number of aliphatic carboxylic acids is 1. The summed E-state index contributed by atoms with van der Waals surface area (Å²) in [6.07, 6.45) is 6.04. The SMILES string of the molecule is O=C(N[C@@H]1CC[C@H](C(=O)O)C1)c1cncnc1. The van der Waals surface area contributed by atoms with E-state index in [0.717, 1.165) is 0 Å². The maximum absolute atomic E-state index is 11.7. The molecule has 1 aliphatic rings. The van der Waals surface area contributed by atoms with E-state index >= 15 is 0 Å². The van der Waals surface area contributed by atoms with Gasteiger partial charge in [0.15, 0.2) is 0 Å². The van der Waals surface area contributed by atoms with E-state index in [1.165, 1.54) is 18.7 Å². The van der Waals surface area contributed by atoms with Crippen molar-refractivity contribution < 1.29 is 14.7 Å². The first-order valence-electron chi connectivity index (χ1n) is 5.45. The molecule has 6 nitrogen and oxygen atoms in total. The second-order valence-electron chi connectivity index (χ2n) is 4.15. The normalized spacial score (nSPS) is 23.3. The summed E-state index contributed by atoms with van der Waals surface area (Å²) in [5.41, 5.74) is 0.395. The Kier molecular flexibility index (Phi) is 3.32. The summed E-state index contributed by atoms with van der Waals surface area (Å²) in [5.74, 6) is -1.38. The van der Waals surface area contributed by atoms with Crippen LogP contribution >= 0.6 is 0 Å². The molecule has 1 fully saturated rings. The van der Waals surface area contributed by atoms with Crippen molar-refractivity contribution in [3.05, 3.63) is 24.3 Å². The number of amides is 1. The maximum Gasteiger partial charge on any atom is 0.306 e. The van der Waals surface area contributed by atoms with Gasteiger partial charge in [0, 0.05) is 18.4 Å². The highest BCUT2D eigenvalue weighted by Gasteiger charge is 2.30. The van der Waals surface area contributed by atoms with Crippen molar-refractivity contribution in [2.75, 3.05) is 0 Å². The van der Waals surface area contributed by atoms with E-state index in [-0.39, 0.29) is 17.9 Å². The topological polar surface area (TPSA) is 92.2 Å². The molecule has 0 radical (unpaired) electrons. The summed E-state index contributed by atoms with van der Waals surface area (Å²) >= 11 is 0. The monoisotopic (exact) mass is 235 g/mol. The molecular formula is C11H13N3O3. The predicted molar refractivity (Wildman–Crippen MR) is 58.3 cm³/mol. The number of hydrogen-bond donors (Lipinski definition) is 2.